The predicted molar refractivity (Wildman–Crippen MR) is 129 cm³/mol. The van der Waals surface area contributed by atoms with E-state index >= 15 is 0 Å². The Kier molecular flexibility index (Phi) is 4.76. The van der Waals surface area contributed by atoms with Gasteiger partial charge in [0.15, 0.2) is 0 Å². The molecule has 1 aliphatic rings. The molecule has 0 spiro atoms. The van der Waals surface area contributed by atoms with E-state index in [0.29, 0.717) is 27.6 Å². The zero-order valence-corrected chi connectivity index (χ0v) is 19.6. The summed E-state index contributed by atoms with van der Waals surface area (Å²) in [6, 6.07) is 1.72. The van der Waals surface area contributed by atoms with E-state index in [1.807, 2.05) is 31.3 Å². The number of aromatic nitrogens is 6. The summed E-state index contributed by atoms with van der Waals surface area (Å²) in [6.45, 7) is 3.72. The molecule has 0 bridgehead atoms. The molecule has 0 aliphatic carbocycles. The normalized spacial score (nSPS) is 14.9. The number of hydrogen-bond acceptors (Lipinski definition) is 8. The number of nitrogens with zero attached hydrogens (tertiary/aromatic N) is 6. The number of fused-ring (bicyclic) bond motifs is 5. The van der Waals surface area contributed by atoms with Crippen LogP contribution in [0.3, 0.4) is 0 Å². The molecule has 34 heavy (non-hydrogen) atoms. The average Bonchev–Trinajstić information content (AvgIpc) is 3.42. The number of thiazole rings is 1. The summed E-state index contributed by atoms with van der Waals surface area (Å²) in [5.74, 6) is -0.139. The lowest BCUT2D eigenvalue weighted by molar-refractivity contribution is -0.120. The molecule has 0 radical (unpaired) electrons. The van der Waals surface area contributed by atoms with E-state index in [0.717, 1.165) is 34.1 Å². The second kappa shape index (κ2) is 7.72. The van der Waals surface area contributed by atoms with E-state index in [9.17, 15) is 9.59 Å². The highest BCUT2D eigenvalue weighted by Gasteiger charge is 2.27. The van der Waals surface area contributed by atoms with Crippen LogP contribution >= 0.6 is 11.3 Å². The molecule has 0 unspecified atom stereocenters. The topological polar surface area (TPSA) is 122 Å². The molecular weight excluding hydrogens is 456 g/mol. The monoisotopic (exact) mass is 478 g/mol. The van der Waals surface area contributed by atoms with Crippen molar-refractivity contribution in [1.29, 1.82) is 0 Å². The molecule has 11 nitrogen and oxygen atoms in total. The minimum absolute atomic E-state index is 0.139. The molecule has 174 valence electrons. The number of pyridine rings is 2. The Morgan fingerprint density at radius 1 is 1.29 bits per heavy atom. The number of H-pyrrole nitrogens is 1. The van der Waals surface area contributed by atoms with Crippen LogP contribution in [0.2, 0.25) is 0 Å². The number of amides is 1. The lowest BCUT2D eigenvalue weighted by Gasteiger charge is -2.37. The second-order valence-electron chi connectivity index (χ2n) is 8.54. The molecule has 5 aromatic heterocycles. The number of hydrogen-bond donors (Lipinski definition) is 2. The Hall–Kier alpha value is -3.61. The molecule has 0 aromatic carbocycles. The molecule has 5 aromatic rings. The molecule has 1 amide bonds. The number of aromatic amines is 1. The molecular formula is C22H22N8O3S. The number of aryl methyl sites for hydroxylation is 2. The molecule has 12 heteroatoms. The number of nitrogens with one attached hydrogen (secondary N) is 2. The summed E-state index contributed by atoms with van der Waals surface area (Å²) in [5.41, 5.74) is 3.83. The summed E-state index contributed by atoms with van der Waals surface area (Å²) in [5, 5.41) is 12.4. The maximum absolute atomic E-state index is 13.0. The van der Waals surface area contributed by atoms with Gasteiger partial charge in [0, 0.05) is 45.2 Å². The zero-order valence-electron chi connectivity index (χ0n) is 18.8. The van der Waals surface area contributed by atoms with Gasteiger partial charge in [-0.2, -0.15) is 10.2 Å². The smallest absolute Gasteiger partial charge is 0.261 e. The van der Waals surface area contributed by atoms with Crippen molar-refractivity contribution in [3.8, 4) is 10.4 Å². The average molecular weight is 479 g/mol. The van der Waals surface area contributed by atoms with Crippen LogP contribution in [0.4, 0.5) is 5.69 Å². The fourth-order valence-electron chi connectivity index (χ4n) is 4.39. The Balaban J connectivity index is 1.33. The first-order valence-corrected chi connectivity index (χ1v) is 11.6. The molecule has 1 aliphatic heterocycles. The highest BCUT2D eigenvalue weighted by Crippen LogP contribution is 2.34. The van der Waals surface area contributed by atoms with Crippen molar-refractivity contribution < 1.29 is 9.53 Å². The number of methoxy groups -OCH3 is 1. The Bertz CT molecular complexity index is 1640. The summed E-state index contributed by atoms with van der Waals surface area (Å²) in [4.78, 5) is 36.5. The number of likely N-dealkylation sites (tertiary alicyclic amines) is 1. The van der Waals surface area contributed by atoms with Crippen molar-refractivity contribution in [1.82, 2.24) is 34.3 Å². The first-order valence-electron chi connectivity index (χ1n) is 10.8. The molecule has 2 N–H and O–H groups in total. The van der Waals surface area contributed by atoms with Crippen LogP contribution in [-0.4, -0.2) is 73.0 Å². The fourth-order valence-corrected chi connectivity index (χ4v) is 5.54. The van der Waals surface area contributed by atoms with Crippen LogP contribution in [0.25, 0.3) is 37.2 Å². The van der Waals surface area contributed by atoms with E-state index in [1.165, 1.54) is 11.3 Å². The minimum atomic E-state index is -0.245. The van der Waals surface area contributed by atoms with Crippen LogP contribution in [0.5, 0.6) is 0 Å². The third kappa shape index (κ3) is 3.38. The second-order valence-corrected chi connectivity index (χ2v) is 9.58. The number of ether oxygens (including phenoxy) is 1. The Morgan fingerprint density at radius 2 is 2.12 bits per heavy atom. The van der Waals surface area contributed by atoms with Crippen LogP contribution in [0, 0.1) is 6.92 Å². The molecule has 0 saturated carbocycles. The Labute approximate surface area is 197 Å². The van der Waals surface area contributed by atoms with Gasteiger partial charge in [-0.1, -0.05) is 0 Å². The van der Waals surface area contributed by atoms with Gasteiger partial charge in [-0.05, 0) is 13.0 Å². The number of carbonyl (C=O) groups excluding carboxylic acids is 1. The predicted octanol–water partition coefficient (Wildman–Crippen LogP) is 1.76. The maximum atomic E-state index is 13.0. The van der Waals surface area contributed by atoms with Crippen molar-refractivity contribution in [2.24, 2.45) is 7.05 Å². The number of anilines is 1. The molecule has 0 atom stereocenters. The van der Waals surface area contributed by atoms with E-state index in [4.69, 9.17) is 4.74 Å². The van der Waals surface area contributed by atoms with E-state index < -0.39 is 0 Å². The molecule has 1 fully saturated rings. The quantitative estimate of drug-likeness (QED) is 0.395. The minimum Gasteiger partial charge on any atom is -0.379 e. The van der Waals surface area contributed by atoms with Crippen molar-refractivity contribution >= 4 is 49.7 Å². The number of carbonyl (C=O) groups is 1. The first-order chi connectivity index (χ1) is 16.4. The lowest BCUT2D eigenvalue weighted by Crippen LogP contribution is -2.53. The SMILES string of the molecule is COC1CN(CC(=O)Nc2cnc3c(c2)[nH]c(=O)c2c3nn3cc(-c4cn(C)nc4C)sc23)C1. The van der Waals surface area contributed by atoms with Gasteiger partial charge >= 0.3 is 0 Å². The molecule has 6 rings (SSSR count). The lowest BCUT2D eigenvalue weighted by atomic mass is 10.1. The van der Waals surface area contributed by atoms with Gasteiger partial charge < -0.3 is 15.0 Å². The van der Waals surface area contributed by atoms with Crippen LogP contribution < -0.4 is 10.9 Å². The summed E-state index contributed by atoms with van der Waals surface area (Å²) in [7, 11) is 3.55. The standard InChI is InChI=1S/C22H22N8O3S/c1-11-14(8-28(2)26-11)16-9-30-22(34-16)18-20(27-30)19-15(25-21(18)32)4-12(5-23-19)24-17(31)10-29-6-13(7-29)33-3/h4-5,8-9,13H,6-7,10H2,1-3H3,(H,24,31)(H,25,32). The van der Waals surface area contributed by atoms with Crippen molar-refractivity contribution in [2.45, 2.75) is 13.0 Å². The van der Waals surface area contributed by atoms with Crippen molar-refractivity contribution in [3.05, 3.63) is 40.7 Å². The fraction of sp³-hybridized carbons (Fsp3) is 0.318. The van der Waals surface area contributed by atoms with Gasteiger partial charge in [-0.3, -0.25) is 24.2 Å². The third-order valence-electron chi connectivity index (χ3n) is 6.09. The zero-order chi connectivity index (χ0) is 23.6. The summed E-state index contributed by atoms with van der Waals surface area (Å²) >= 11 is 1.49. The van der Waals surface area contributed by atoms with Crippen LogP contribution in [-0.2, 0) is 16.6 Å². The van der Waals surface area contributed by atoms with Gasteiger partial charge in [0.05, 0.1) is 40.6 Å². The van der Waals surface area contributed by atoms with Gasteiger partial charge in [-0.15, -0.1) is 11.3 Å². The molecule has 6 heterocycles. The van der Waals surface area contributed by atoms with Crippen LogP contribution in [0.1, 0.15) is 5.69 Å². The highest BCUT2D eigenvalue weighted by atomic mass is 32.1. The van der Waals surface area contributed by atoms with Gasteiger partial charge in [0.2, 0.25) is 5.91 Å². The van der Waals surface area contributed by atoms with Gasteiger partial charge in [-0.25, -0.2) is 4.52 Å². The number of rotatable bonds is 5. The largest absolute Gasteiger partial charge is 0.379 e. The summed E-state index contributed by atoms with van der Waals surface area (Å²) in [6.07, 6.45) is 5.65. The van der Waals surface area contributed by atoms with E-state index in [2.05, 4.69) is 25.5 Å². The van der Waals surface area contributed by atoms with E-state index in [1.54, 1.807) is 28.6 Å². The molecule has 1 saturated heterocycles. The first kappa shape index (κ1) is 21.0. The van der Waals surface area contributed by atoms with Crippen LogP contribution in [0.15, 0.2) is 29.5 Å². The Morgan fingerprint density at radius 3 is 2.85 bits per heavy atom. The van der Waals surface area contributed by atoms with Gasteiger partial charge in [0.25, 0.3) is 5.56 Å². The third-order valence-corrected chi connectivity index (χ3v) is 7.22. The highest BCUT2D eigenvalue weighted by molar-refractivity contribution is 7.21. The van der Waals surface area contributed by atoms with Crippen molar-refractivity contribution in [3.63, 3.8) is 0 Å². The summed E-state index contributed by atoms with van der Waals surface area (Å²) < 4.78 is 8.73. The maximum Gasteiger partial charge on any atom is 0.261 e. The van der Waals surface area contributed by atoms with Crippen molar-refractivity contribution in [2.75, 3.05) is 32.1 Å². The van der Waals surface area contributed by atoms with E-state index in [-0.39, 0.29) is 24.1 Å². The van der Waals surface area contributed by atoms with Gasteiger partial charge in [0.1, 0.15) is 21.3 Å².